The van der Waals surface area contributed by atoms with E-state index in [4.69, 9.17) is 5.73 Å². The van der Waals surface area contributed by atoms with Crippen LogP contribution in [-0.4, -0.2) is 61.4 Å². The summed E-state index contributed by atoms with van der Waals surface area (Å²) >= 11 is 0. The number of halogens is 3. The van der Waals surface area contributed by atoms with Crippen molar-refractivity contribution in [3.63, 3.8) is 0 Å². The van der Waals surface area contributed by atoms with Gasteiger partial charge >= 0.3 is 11.9 Å². The van der Waals surface area contributed by atoms with Gasteiger partial charge in [0.05, 0.1) is 12.1 Å². The molecule has 37 heavy (non-hydrogen) atoms. The van der Waals surface area contributed by atoms with Crippen LogP contribution in [-0.2, 0) is 20.1 Å². The Hall–Kier alpha value is -3.68. The van der Waals surface area contributed by atoms with Crippen molar-refractivity contribution in [2.24, 2.45) is 12.8 Å². The Morgan fingerprint density at radius 3 is 2.59 bits per heavy atom. The number of aromatic nitrogens is 5. The number of alkyl halides is 3. The van der Waals surface area contributed by atoms with E-state index in [1.165, 1.54) is 13.2 Å². The highest BCUT2D eigenvalue weighted by atomic mass is 19.4. The third-order valence-electron chi connectivity index (χ3n) is 6.41. The van der Waals surface area contributed by atoms with Crippen molar-refractivity contribution < 1.29 is 18.0 Å². The van der Waals surface area contributed by atoms with E-state index in [1.54, 1.807) is 29.4 Å². The summed E-state index contributed by atoms with van der Waals surface area (Å²) in [6.45, 7) is 2.79. The van der Waals surface area contributed by atoms with Gasteiger partial charge in [0.25, 0.3) is 11.5 Å². The van der Waals surface area contributed by atoms with Crippen LogP contribution in [0.25, 0.3) is 11.0 Å². The largest absolute Gasteiger partial charge is 0.405 e. The van der Waals surface area contributed by atoms with Crippen LogP contribution in [0.3, 0.4) is 0 Å². The quantitative estimate of drug-likeness (QED) is 0.491. The van der Waals surface area contributed by atoms with Gasteiger partial charge in [0.2, 0.25) is 0 Å². The number of rotatable bonds is 6. The van der Waals surface area contributed by atoms with Crippen LogP contribution < -0.4 is 27.2 Å². The lowest BCUT2D eigenvalue weighted by molar-refractivity contribution is -0.123. The van der Waals surface area contributed by atoms with Crippen LogP contribution >= 0.6 is 0 Å². The molecule has 3 N–H and O–H groups in total. The van der Waals surface area contributed by atoms with Crippen molar-refractivity contribution in [1.82, 2.24) is 29.0 Å². The summed E-state index contributed by atoms with van der Waals surface area (Å²) in [5.41, 5.74) is 5.21. The molecule has 0 unspecified atom stereocenters. The summed E-state index contributed by atoms with van der Waals surface area (Å²) in [6, 6.07) is 1.46. The maximum Gasteiger partial charge on any atom is 0.405 e. The molecule has 0 radical (unpaired) electrons. The van der Waals surface area contributed by atoms with Crippen LogP contribution in [0.4, 0.5) is 19.0 Å². The van der Waals surface area contributed by atoms with Crippen LogP contribution in [0.2, 0.25) is 0 Å². The summed E-state index contributed by atoms with van der Waals surface area (Å²) < 4.78 is 42.5. The first kappa shape index (κ1) is 26.4. The number of nitrogens with zero attached hydrogens (tertiary/aromatic N) is 6. The van der Waals surface area contributed by atoms with E-state index in [1.807, 2.05) is 5.32 Å². The van der Waals surface area contributed by atoms with Crippen LogP contribution in [0.1, 0.15) is 41.6 Å². The number of hydrogen-bond donors (Lipinski definition) is 2. The summed E-state index contributed by atoms with van der Waals surface area (Å²) in [6.07, 6.45) is -1.68. The minimum atomic E-state index is -4.64. The number of hydrogen-bond acceptors (Lipinski definition) is 7. The lowest BCUT2D eigenvalue weighted by Crippen LogP contribution is -2.44. The molecule has 200 valence electrons. The van der Waals surface area contributed by atoms with Crippen molar-refractivity contribution in [1.29, 1.82) is 0 Å². The molecule has 0 aromatic carbocycles. The predicted octanol–water partition coefficient (Wildman–Crippen LogP) is 0.888. The molecule has 1 atom stereocenters. The van der Waals surface area contributed by atoms with E-state index in [0.717, 1.165) is 15.6 Å². The van der Waals surface area contributed by atoms with E-state index in [2.05, 4.69) is 9.97 Å². The summed E-state index contributed by atoms with van der Waals surface area (Å²) in [5, 5.41) is 1.91. The smallest absolute Gasteiger partial charge is 0.356 e. The number of anilines is 1. The highest BCUT2D eigenvalue weighted by Crippen LogP contribution is 2.33. The van der Waals surface area contributed by atoms with E-state index >= 15 is 0 Å². The topological polar surface area (TPSA) is 133 Å². The maximum atomic E-state index is 13.7. The molecule has 3 aromatic heterocycles. The van der Waals surface area contributed by atoms with E-state index < -0.39 is 29.9 Å². The summed E-state index contributed by atoms with van der Waals surface area (Å²) in [7, 11) is 1.38. The zero-order chi connectivity index (χ0) is 27.1. The van der Waals surface area contributed by atoms with Gasteiger partial charge in [-0.2, -0.15) is 13.2 Å². The number of nitrogens with two attached hydrogens (primary N) is 1. The molecule has 1 saturated heterocycles. The Balaban J connectivity index is 2.00. The molecular weight excluding hydrogens is 493 g/mol. The Kier molecular flexibility index (Phi) is 7.13. The van der Waals surface area contributed by atoms with Crippen LogP contribution in [0, 0.1) is 6.92 Å². The Morgan fingerprint density at radius 2 is 1.97 bits per heavy atom. The van der Waals surface area contributed by atoms with Gasteiger partial charge in [0, 0.05) is 44.6 Å². The average Bonchev–Trinajstić information content (AvgIpc) is 3.19. The zero-order valence-electron chi connectivity index (χ0n) is 20.8. The second kappa shape index (κ2) is 10.00. The Labute approximate surface area is 209 Å². The average molecular weight is 523 g/mol. The normalized spacial score (nSPS) is 16.4. The van der Waals surface area contributed by atoms with Gasteiger partial charge < -0.3 is 20.5 Å². The van der Waals surface area contributed by atoms with Gasteiger partial charge in [0.15, 0.2) is 0 Å². The fourth-order valence-corrected chi connectivity index (χ4v) is 4.80. The number of fused-ring (bicyclic) bond motifs is 1. The molecule has 0 aliphatic carbocycles. The third kappa shape index (κ3) is 5.10. The Bertz CT molecular complexity index is 1460. The third-order valence-corrected chi connectivity index (χ3v) is 6.41. The monoisotopic (exact) mass is 522 g/mol. The van der Waals surface area contributed by atoms with Crippen molar-refractivity contribution >= 4 is 22.8 Å². The number of aryl methyl sites for hydroxylation is 3. The molecule has 4 heterocycles. The highest BCUT2D eigenvalue weighted by Gasteiger charge is 2.34. The SMILES string of the molecule is CCn1c(N2CCC[C@@H](N)C2)c(C(=O)NCC(F)(F)F)c2c1c(=O)n(Cc1nccc(C)n1)c(=O)n2C. The minimum absolute atomic E-state index is 0.0311. The molecule has 14 heteroatoms. The van der Waals surface area contributed by atoms with Gasteiger partial charge in [-0.3, -0.25) is 18.7 Å². The van der Waals surface area contributed by atoms with E-state index in [-0.39, 0.29) is 47.4 Å². The van der Waals surface area contributed by atoms with Crippen molar-refractivity contribution in [2.45, 2.75) is 52.0 Å². The van der Waals surface area contributed by atoms with Gasteiger partial charge in [0.1, 0.15) is 29.3 Å². The van der Waals surface area contributed by atoms with E-state index in [0.29, 0.717) is 25.2 Å². The molecular formula is C23H29F3N8O3. The fraction of sp³-hybridized carbons (Fsp3) is 0.522. The predicted molar refractivity (Wildman–Crippen MR) is 131 cm³/mol. The number of carbonyl (C=O) groups is 1. The van der Waals surface area contributed by atoms with Crippen LogP contribution in [0.15, 0.2) is 21.9 Å². The fourth-order valence-electron chi connectivity index (χ4n) is 4.80. The molecule has 0 spiro atoms. The molecule has 1 fully saturated rings. The number of carbonyl (C=O) groups excluding carboxylic acids is 1. The summed E-state index contributed by atoms with van der Waals surface area (Å²) in [4.78, 5) is 50.5. The number of piperidine rings is 1. The summed E-state index contributed by atoms with van der Waals surface area (Å²) in [5.74, 6) is -0.514. The van der Waals surface area contributed by atoms with Crippen molar-refractivity contribution in [2.75, 3.05) is 24.5 Å². The van der Waals surface area contributed by atoms with Gasteiger partial charge in [-0.05, 0) is 32.8 Å². The zero-order valence-corrected chi connectivity index (χ0v) is 20.8. The lowest BCUT2D eigenvalue weighted by atomic mass is 10.1. The van der Waals surface area contributed by atoms with E-state index in [9.17, 15) is 27.6 Å². The second-order valence-electron chi connectivity index (χ2n) is 9.13. The van der Waals surface area contributed by atoms with Crippen LogP contribution in [0.5, 0.6) is 0 Å². The molecule has 1 aliphatic rings. The molecule has 0 saturated carbocycles. The van der Waals surface area contributed by atoms with Crippen molar-refractivity contribution in [3.05, 3.63) is 50.2 Å². The minimum Gasteiger partial charge on any atom is -0.356 e. The molecule has 1 amide bonds. The first-order chi connectivity index (χ1) is 17.4. The highest BCUT2D eigenvalue weighted by molar-refractivity contribution is 6.11. The van der Waals surface area contributed by atoms with Gasteiger partial charge in [-0.15, -0.1) is 0 Å². The molecule has 3 aromatic rings. The lowest BCUT2D eigenvalue weighted by Gasteiger charge is -2.33. The van der Waals surface area contributed by atoms with Gasteiger partial charge in [-0.1, -0.05) is 0 Å². The maximum absolute atomic E-state index is 13.7. The standard InChI is InChI=1S/C23H29F3N8O3/c1-4-33-18-17(31(3)22(37)34(21(18)36)11-15-28-8-7-13(2)30-15)16(19(35)29-12-23(24,25)26)20(33)32-9-5-6-14(27)10-32/h7-8,14H,4-6,9-12,27H2,1-3H3,(H,29,35)/t14-/m1/s1. The second-order valence-corrected chi connectivity index (χ2v) is 9.13. The number of nitrogens with one attached hydrogen (secondary N) is 1. The molecule has 0 bridgehead atoms. The first-order valence-corrected chi connectivity index (χ1v) is 11.9. The van der Waals surface area contributed by atoms with Crippen molar-refractivity contribution in [3.8, 4) is 0 Å². The first-order valence-electron chi connectivity index (χ1n) is 11.9. The van der Waals surface area contributed by atoms with Gasteiger partial charge in [-0.25, -0.2) is 14.8 Å². The molecule has 11 nitrogen and oxygen atoms in total. The molecule has 1 aliphatic heterocycles. The molecule has 4 rings (SSSR count). The number of amides is 1. The Morgan fingerprint density at radius 1 is 1.24 bits per heavy atom.